The summed E-state index contributed by atoms with van der Waals surface area (Å²) >= 11 is 3.22. The van der Waals surface area contributed by atoms with Crippen molar-refractivity contribution in [3.05, 3.63) is 53.0 Å². The van der Waals surface area contributed by atoms with Crippen LogP contribution in [0.5, 0.6) is 0 Å². The van der Waals surface area contributed by atoms with E-state index in [2.05, 4.69) is 26.1 Å². The second-order valence-electron chi connectivity index (χ2n) is 4.11. The van der Waals surface area contributed by atoms with Gasteiger partial charge in [-0.1, -0.05) is 11.2 Å². The Morgan fingerprint density at radius 3 is 2.65 bits per heavy atom. The first-order chi connectivity index (χ1) is 9.68. The fourth-order valence-electron chi connectivity index (χ4n) is 1.96. The van der Waals surface area contributed by atoms with Crippen LogP contribution in [0.4, 0.5) is 10.2 Å². The third-order valence-corrected chi connectivity index (χ3v) is 3.69. The van der Waals surface area contributed by atoms with Gasteiger partial charge in [0.1, 0.15) is 5.82 Å². The zero-order valence-electron chi connectivity index (χ0n) is 10.2. The van der Waals surface area contributed by atoms with E-state index in [0.29, 0.717) is 21.4 Å². The molecule has 0 aliphatic rings. The Hall–Kier alpha value is -2.21. The highest BCUT2D eigenvalue weighted by atomic mass is 79.9. The summed E-state index contributed by atoms with van der Waals surface area (Å²) in [4.78, 5) is 3.96. The summed E-state index contributed by atoms with van der Waals surface area (Å²) in [6, 6.07) is 8.28. The molecule has 3 rings (SSSR count). The van der Waals surface area contributed by atoms with Crippen LogP contribution in [0.15, 0.2) is 51.7 Å². The molecule has 3 aromatic rings. The second kappa shape index (κ2) is 5.05. The van der Waals surface area contributed by atoms with Crippen molar-refractivity contribution in [2.75, 3.05) is 5.73 Å². The molecule has 0 bridgehead atoms. The van der Waals surface area contributed by atoms with Gasteiger partial charge >= 0.3 is 0 Å². The topological polar surface area (TPSA) is 64.9 Å². The first kappa shape index (κ1) is 12.8. The SMILES string of the molecule is Nc1noc(-c2cccc(F)c2Br)c1-c1ccncc1. The Morgan fingerprint density at radius 1 is 1.15 bits per heavy atom. The summed E-state index contributed by atoms with van der Waals surface area (Å²) in [5.41, 5.74) is 7.85. The maximum atomic E-state index is 13.7. The molecule has 4 nitrogen and oxygen atoms in total. The zero-order valence-corrected chi connectivity index (χ0v) is 11.8. The van der Waals surface area contributed by atoms with Crippen LogP contribution in [0.1, 0.15) is 0 Å². The molecule has 100 valence electrons. The van der Waals surface area contributed by atoms with E-state index in [1.54, 1.807) is 36.7 Å². The number of pyridine rings is 1. The zero-order chi connectivity index (χ0) is 14.1. The number of halogens is 2. The molecule has 0 spiro atoms. The first-order valence-corrected chi connectivity index (χ1v) is 6.57. The lowest BCUT2D eigenvalue weighted by atomic mass is 10.0. The molecule has 2 heterocycles. The van der Waals surface area contributed by atoms with Crippen molar-refractivity contribution in [2.45, 2.75) is 0 Å². The quantitative estimate of drug-likeness (QED) is 0.772. The molecule has 0 aliphatic heterocycles. The minimum atomic E-state index is -0.377. The molecular weight excluding hydrogens is 325 g/mol. The fraction of sp³-hybridized carbons (Fsp3) is 0. The van der Waals surface area contributed by atoms with Gasteiger partial charge in [-0.05, 0) is 45.8 Å². The van der Waals surface area contributed by atoms with Crippen LogP contribution in [0, 0.1) is 5.82 Å². The molecule has 0 atom stereocenters. The molecule has 0 saturated heterocycles. The minimum absolute atomic E-state index is 0.252. The van der Waals surface area contributed by atoms with Crippen LogP contribution in [0.25, 0.3) is 22.5 Å². The van der Waals surface area contributed by atoms with Gasteiger partial charge in [0.15, 0.2) is 11.6 Å². The molecule has 1 aromatic carbocycles. The molecule has 20 heavy (non-hydrogen) atoms. The normalized spacial score (nSPS) is 10.7. The molecule has 0 aliphatic carbocycles. The lowest BCUT2D eigenvalue weighted by Gasteiger charge is -2.05. The van der Waals surface area contributed by atoms with Crippen LogP contribution in [0.2, 0.25) is 0 Å². The molecule has 2 N–H and O–H groups in total. The highest BCUT2D eigenvalue weighted by molar-refractivity contribution is 9.10. The number of nitrogens with zero attached hydrogens (tertiary/aromatic N) is 2. The summed E-state index contributed by atoms with van der Waals surface area (Å²) in [7, 11) is 0. The smallest absolute Gasteiger partial charge is 0.178 e. The Kier molecular flexibility index (Phi) is 3.23. The third-order valence-electron chi connectivity index (χ3n) is 2.88. The summed E-state index contributed by atoms with van der Waals surface area (Å²) in [6.45, 7) is 0. The Balaban J connectivity index is 2.24. The van der Waals surface area contributed by atoms with E-state index in [-0.39, 0.29) is 11.6 Å². The molecule has 6 heteroatoms. The van der Waals surface area contributed by atoms with Gasteiger partial charge in [-0.15, -0.1) is 0 Å². The van der Waals surface area contributed by atoms with Gasteiger partial charge in [-0.3, -0.25) is 4.98 Å². The number of anilines is 1. The molecule has 0 saturated carbocycles. The van der Waals surface area contributed by atoms with Gasteiger partial charge in [-0.25, -0.2) is 4.39 Å². The highest BCUT2D eigenvalue weighted by Crippen LogP contribution is 2.39. The maximum absolute atomic E-state index is 13.7. The molecular formula is C14H9BrFN3O. The van der Waals surface area contributed by atoms with E-state index in [1.807, 2.05) is 0 Å². The maximum Gasteiger partial charge on any atom is 0.178 e. The van der Waals surface area contributed by atoms with Gasteiger partial charge < -0.3 is 10.3 Å². The second-order valence-corrected chi connectivity index (χ2v) is 4.90. The van der Waals surface area contributed by atoms with Crippen molar-refractivity contribution in [2.24, 2.45) is 0 Å². The number of rotatable bonds is 2. The van der Waals surface area contributed by atoms with E-state index in [0.717, 1.165) is 5.56 Å². The molecule has 0 fully saturated rings. The summed E-state index contributed by atoms with van der Waals surface area (Å²) in [5.74, 6) is 0.292. The van der Waals surface area contributed by atoms with E-state index in [4.69, 9.17) is 10.3 Å². The number of nitrogen functional groups attached to an aromatic ring is 1. The number of hydrogen-bond acceptors (Lipinski definition) is 4. The largest absolute Gasteiger partial charge is 0.380 e. The van der Waals surface area contributed by atoms with Crippen molar-refractivity contribution in [3.8, 4) is 22.5 Å². The summed E-state index contributed by atoms with van der Waals surface area (Å²) in [5, 5.41) is 3.78. The van der Waals surface area contributed by atoms with Crippen LogP contribution in [-0.2, 0) is 0 Å². The summed E-state index contributed by atoms with van der Waals surface area (Å²) in [6.07, 6.45) is 3.29. The number of benzene rings is 1. The number of nitrogens with two attached hydrogens (primary N) is 1. The van der Waals surface area contributed by atoms with Crippen molar-refractivity contribution in [1.82, 2.24) is 10.1 Å². The minimum Gasteiger partial charge on any atom is -0.380 e. The molecule has 0 radical (unpaired) electrons. The predicted molar refractivity (Wildman–Crippen MR) is 77.2 cm³/mol. The van der Waals surface area contributed by atoms with Crippen LogP contribution >= 0.6 is 15.9 Å². The van der Waals surface area contributed by atoms with E-state index in [1.165, 1.54) is 6.07 Å². The van der Waals surface area contributed by atoms with E-state index in [9.17, 15) is 4.39 Å². The van der Waals surface area contributed by atoms with Crippen molar-refractivity contribution >= 4 is 21.7 Å². The van der Waals surface area contributed by atoms with Crippen LogP contribution in [-0.4, -0.2) is 10.1 Å². The lowest BCUT2D eigenvalue weighted by molar-refractivity contribution is 0.435. The average molecular weight is 334 g/mol. The lowest BCUT2D eigenvalue weighted by Crippen LogP contribution is -1.90. The Morgan fingerprint density at radius 2 is 1.90 bits per heavy atom. The highest BCUT2D eigenvalue weighted by Gasteiger charge is 2.20. The van der Waals surface area contributed by atoms with Gasteiger partial charge in [0.05, 0.1) is 10.0 Å². The standard InChI is InChI=1S/C14H9BrFN3O/c15-12-9(2-1-3-10(12)16)13-11(14(17)19-20-13)8-4-6-18-7-5-8/h1-7H,(H2,17,19). The average Bonchev–Trinajstić information content (AvgIpc) is 2.84. The number of hydrogen-bond donors (Lipinski definition) is 1. The predicted octanol–water partition coefficient (Wildman–Crippen LogP) is 3.89. The van der Waals surface area contributed by atoms with Crippen molar-refractivity contribution < 1.29 is 8.91 Å². The Bertz CT molecular complexity index is 758. The third kappa shape index (κ3) is 2.08. The number of aromatic nitrogens is 2. The molecule has 0 unspecified atom stereocenters. The van der Waals surface area contributed by atoms with Crippen LogP contribution in [0.3, 0.4) is 0 Å². The Labute approximate surface area is 122 Å². The van der Waals surface area contributed by atoms with E-state index < -0.39 is 0 Å². The first-order valence-electron chi connectivity index (χ1n) is 5.78. The van der Waals surface area contributed by atoms with Gasteiger partial charge in [-0.2, -0.15) is 0 Å². The molecule has 2 aromatic heterocycles. The van der Waals surface area contributed by atoms with Gasteiger partial charge in [0, 0.05) is 18.0 Å². The van der Waals surface area contributed by atoms with Crippen molar-refractivity contribution in [3.63, 3.8) is 0 Å². The van der Waals surface area contributed by atoms with Crippen molar-refractivity contribution in [1.29, 1.82) is 0 Å². The summed E-state index contributed by atoms with van der Waals surface area (Å²) < 4.78 is 19.2. The van der Waals surface area contributed by atoms with Crippen LogP contribution < -0.4 is 5.73 Å². The molecule has 0 amide bonds. The van der Waals surface area contributed by atoms with E-state index >= 15 is 0 Å². The van der Waals surface area contributed by atoms with Gasteiger partial charge in [0.25, 0.3) is 0 Å². The van der Waals surface area contributed by atoms with Gasteiger partial charge in [0.2, 0.25) is 0 Å². The monoisotopic (exact) mass is 333 g/mol. The fourth-order valence-corrected chi connectivity index (χ4v) is 2.41.